The number of thiazole rings is 1. The van der Waals surface area contributed by atoms with E-state index in [0.717, 1.165) is 29.1 Å². The third kappa shape index (κ3) is 7.13. The molecule has 0 atom stereocenters. The van der Waals surface area contributed by atoms with Crippen LogP contribution in [0.5, 0.6) is 0 Å². The molecule has 1 saturated heterocycles. The Kier molecular flexibility index (Phi) is 9.68. The van der Waals surface area contributed by atoms with Crippen LogP contribution < -0.4 is 15.5 Å². The van der Waals surface area contributed by atoms with Crippen LogP contribution in [-0.4, -0.2) is 30.6 Å². The molecule has 0 bridgehead atoms. The van der Waals surface area contributed by atoms with Gasteiger partial charge in [-0.25, -0.2) is 9.98 Å². The van der Waals surface area contributed by atoms with Gasteiger partial charge >= 0.3 is 0 Å². The van der Waals surface area contributed by atoms with Gasteiger partial charge in [0.05, 0.1) is 18.8 Å². The van der Waals surface area contributed by atoms with E-state index >= 15 is 0 Å². The highest BCUT2D eigenvalue weighted by atomic mass is 127. The summed E-state index contributed by atoms with van der Waals surface area (Å²) in [5.74, 6) is 1.70. The van der Waals surface area contributed by atoms with Crippen molar-refractivity contribution in [3.05, 3.63) is 45.4 Å². The van der Waals surface area contributed by atoms with E-state index < -0.39 is 0 Å². The van der Waals surface area contributed by atoms with Crippen molar-refractivity contribution < 1.29 is 0 Å². The van der Waals surface area contributed by atoms with E-state index in [0.29, 0.717) is 13.1 Å². The number of anilines is 1. The second-order valence-electron chi connectivity index (χ2n) is 7.63. The topological polar surface area (TPSA) is 52.6 Å². The van der Waals surface area contributed by atoms with E-state index in [2.05, 4.69) is 72.5 Å². The molecule has 1 aliphatic heterocycles. The third-order valence-electron chi connectivity index (χ3n) is 5.33. The fourth-order valence-corrected chi connectivity index (χ4v) is 4.24. The minimum absolute atomic E-state index is 0. The Morgan fingerprint density at radius 3 is 2.45 bits per heavy atom. The minimum Gasteiger partial charge on any atom is -0.372 e. The summed E-state index contributed by atoms with van der Waals surface area (Å²) in [6.45, 7) is 13.2. The normalized spacial score (nSPS) is 15.2. The maximum atomic E-state index is 4.74. The molecule has 0 aliphatic carbocycles. The molecule has 0 saturated carbocycles. The molecule has 3 rings (SSSR count). The molecular formula is C22H34IN5S. The van der Waals surface area contributed by atoms with Crippen molar-refractivity contribution >= 4 is 47.0 Å². The molecule has 0 unspecified atom stereocenters. The zero-order chi connectivity index (χ0) is 19.9. The second kappa shape index (κ2) is 11.7. The molecule has 1 aliphatic rings. The van der Waals surface area contributed by atoms with Crippen molar-refractivity contribution in [3.63, 3.8) is 0 Å². The van der Waals surface area contributed by atoms with Crippen LogP contribution in [0.1, 0.15) is 47.8 Å². The van der Waals surface area contributed by atoms with Gasteiger partial charge < -0.3 is 15.5 Å². The van der Waals surface area contributed by atoms with Gasteiger partial charge in [-0.2, -0.15) is 0 Å². The Labute approximate surface area is 196 Å². The zero-order valence-electron chi connectivity index (χ0n) is 18.0. The van der Waals surface area contributed by atoms with E-state index in [4.69, 9.17) is 4.99 Å². The van der Waals surface area contributed by atoms with Crippen molar-refractivity contribution in [1.82, 2.24) is 15.6 Å². The molecule has 1 aromatic heterocycles. The number of hydrogen-bond acceptors (Lipinski definition) is 4. The number of benzene rings is 1. The van der Waals surface area contributed by atoms with Crippen LogP contribution in [0.2, 0.25) is 0 Å². The van der Waals surface area contributed by atoms with E-state index in [1.165, 1.54) is 42.1 Å². The number of hydrogen-bond donors (Lipinski definition) is 2. The Bertz CT molecular complexity index is 760. The molecule has 7 heteroatoms. The lowest BCUT2D eigenvalue weighted by Gasteiger charge is -2.32. The van der Waals surface area contributed by atoms with Gasteiger partial charge in [-0.15, -0.1) is 35.3 Å². The standard InChI is InChI=1S/C22H33N5S.HI/c1-5-23-22(25-15-21-26-17(3)18(4)28-21)24-14-19-6-8-20(9-7-19)27-12-10-16(2)11-13-27;/h6-9,16H,5,10-15H2,1-4H3,(H2,23,24,25);1H. The average Bonchev–Trinajstić information content (AvgIpc) is 3.03. The summed E-state index contributed by atoms with van der Waals surface area (Å²) in [6, 6.07) is 8.88. The molecular weight excluding hydrogens is 493 g/mol. The smallest absolute Gasteiger partial charge is 0.191 e. The van der Waals surface area contributed by atoms with Crippen molar-refractivity contribution in [2.75, 3.05) is 24.5 Å². The largest absolute Gasteiger partial charge is 0.372 e. The lowest BCUT2D eigenvalue weighted by Crippen LogP contribution is -2.36. The number of nitrogens with one attached hydrogen (secondary N) is 2. The molecule has 5 nitrogen and oxygen atoms in total. The molecule has 2 heterocycles. The van der Waals surface area contributed by atoms with Crippen LogP contribution in [0, 0.1) is 19.8 Å². The Hall–Kier alpha value is -1.35. The highest BCUT2D eigenvalue weighted by Crippen LogP contribution is 2.23. The summed E-state index contributed by atoms with van der Waals surface area (Å²) in [7, 11) is 0. The van der Waals surface area contributed by atoms with E-state index in [1.807, 2.05) is 0 Å². The monoisotopic (exact) mass is 527 g/mol. The molecule has 2 N–H and O–H groups in total. The molecule has 0 radical (unpaired) electrons. The van der Waals surface area contributed by atoms with Crippen LogP contribution in [0.4, 0.5) is 5.69 Å². The lowest BCUT2D eigenvalue weighted by molar-refractivity contribution is 0.438. The second-order valence-corrected chi connectivity index (χ2v) is 8.92. The number of nitrogens with zero attached hydrogens (tertiary/aromatic N) is 3. The van der Waals surface area contributed by atoms with Crippen molar-refractivity contribution in [1.29, 1.82) is 0 Å². The predicted molar refractivity (Wildman–Crippen MR) is 136 cm³/mol. The first-order valence-electron chi connectivity index (χ1n) is 10.3. The number of aliphatic imine (C=N–C) groups is 1. The van der Waals surface area contributed by atoms with Crippen molar-refractivity contribution in [3.8, 4) is 0 Å². The highest BCUT2D eigenvalue weighted by Gasteiger charge is 2.15. The Morgan fingerprint density at radius 2 is 1.86 bits per heavy atom. The number of rotatable bonds is 6. The SMILES string of the molecule is CCNC(=NCc1ccc(N2CCC(C)CC2)cc1)NCc1nc(C)c(C)s1.I. The van der Waals surface area contributed by atoms with Crippen molar-refractivity contribution in [2.24, 2.45) is 10.9 Å². The summed E-state index contributed by atoms with van der Waals surface area (Å²) in [5, 5.41) is 7.81. The number of guanidine groups is 1. The maximum Gasteiger partial charge on any atom is 0.191 e. The molecule has 29 heavy (non-hydrogen) atoms. The first-order chi connectivity index (χ1) is 13.5. The first-order valence-corrected chi connectivity index (χ1v) is 11.2. The van der Waals surface area contributed by atoms with Gasteiger partial charge in [0.25, 0.3) is 0 Å². The number of piperidine rings is 1. The van der Waals surface area contributed by atoms with E-state index in [-0.39, 0.29) is 24.0 Å². The van der Waals surface area contributed by atoms with Gasteiger partial charge in [0.2, 0.25) is 0 Å². The number of aromatic nitrogens is 1. The van der Waals surface area contributed by atoms with Gasteiger partial charge in [-0.05, 0) is 57.2 Å². The summed E-state index contributed by atoms with van der Waals surface area (Å²) in [5.41, 5.74) is 3.68. The van der Waals surface area contributed by atoms with Gasteiger partial charge in [-0.1, -0.05) is 19.1 Å². The van der Waals surface area contributed by atoms with Gasteiger partial charge in [0.15, 0.2) is 5.96 Å². The molecule has 2 aromatic rings. The summed E-state index contributed by atoms with van der Waals surface area (Å²) in [6.07, 6.45) is 2.59. The molecule has 0 amide bonds. The van der Waals surface area contributed by atoms with Gasteiger partial charge in [0.1, 0.15) is 5.01 Å². The third-order valence-corrected chi connectivity index (χ3v) is 6.40. The molecule has 0 spiro atoms. The maximum absolute atomic E-state index is 4.74. The van der Waals surface area contributed by atoms with Gasteiger partial charge in [0, 0.05) is 30.2 Å². The molecule has 1 fully saturated rings. The first kappa shape index (κ1) is 23.9. The van der Waals surface area contributed by atoms with E-state index in [9.17, 15) is 0 Å². The van der Waals surface area contributed by atoms with Crippen molar-refractivity contribution in [2.45, 2.75) is 53.6 Å². The number of halogens is 1. The Morgan fingerprint density at radius 1 is 1.17 bits per heavy atom. The Balaban J connectivity index is 0.00000300. The highest BCUT2D eigenvalue weighted by molar-refractivity contribution is 14.0. The summed E-state index contributed by atoms with van der Waals surface area (Å²) in [4.78, 5) is 13.1. The minimum atomic E-state index is 0. The van der Waals surface area contributed by atoms with E-state index in [1.54, 1.807) is 11.3 Å². The quantitative estimate of drug-likeness (QED) is 0.320. The predicted octanol–water partition coefficient (Wildman–Crippen LogP) is 4.87. The van der Waals surface area contributed by atoms with Crippen LogP contribution >= 0.6 is 35.3 Å². The molecule has 160 valence electrons. The fraction of sp³-hybridized carbons (Fsp3) is 0.545. The summed E-state index contributed by atoms with van der Waals surface area (Å²) < 4.78 is 0. The lowest BCUT2D eigenvalue weighted by atomic mass is 9.99. The van der Waals surface area contributed by atoms with Crippen LogP contribution in [0.25, 0.3) is 0 Å². The number of aryl methyl sites for hydroxylation is 2. The zero-order valence-corrected chi connectivity index (χ0v) is 21.1. The van der Waals surface area contributed by atoms with Crippen LogP contribution in [0.15, 0.2) is 29.3 Å². The van der Waals surface area contributed by atoms with Crippen LogP contribution in [-0.2, 0) is 13.1 Å². The summed E-state index contributed by atoms with van der Waals surface area (Å²) >= 11 is 1.74. The van der Waals surface area contributed by atoms with Gasteiger partial charge in [-0.3, -0.25) is 0 Å². The average molecular weight is 528 g/mol. The molecule has 1 aromatic carbocycles. The van der Waals surface area contributed by atoms with Crippen LogP contribution in [0.3, 0.4) is 0 Å². The fourth-order valence-electron chi connectivity index (χ4n) is 3.37.